The molecule has 0 aliphatic rings. The Balaban J connectivity index is 3.04. The number of nitrogens with zero attached hydrogens (tertiary/aromatic N) is 1. The Bertz CT molecular complexity index is 429. The molecule has 0 saturated heterocycles. The van der Waals surface area contributed by atoms with E-state index in [4.69, 9.17) is 11.1 Å². The molecule has 106 valence electrons. The molecule has 0 fully saturated rings. The summed E-state index contributed by atoms with van der Waals surface area (Å²) in [7, 11) is 0. The molecule has 0 aliphatic carbocycles. The van der Waals surface area contributed by atoms with Gasteiger partial charge in [-0.2, -0.15) is 0 Å². The zero-order chi connectivity index (χ0) is 14.4. The van der Waals surface area contributed by atoms with Gasteiger partial charge >= 0.3 is 0 Å². The van der Waals surface area contributed by atoms with Gasteiger partial charge in [-0.1, -0.05) is 19.8 Å². The first-order valence-corrected chi connectivity index (χ1v) is 6.88. The molecule has 3 N–H and O–H groups in total. The number of halogens is 1. The molecular formula is C15H24FN3. The van der Waals surface area contributed by atoms with E-state index in [1.165, 1.54) is 18.6 Å². The average molecular weight is 265 g/mol. The number of hydrogen-bond acceptors (Lipinski definition) is 2. The lowest BCUT2D eigenvalue weighted by Crippen LogP contribution is -2.33. The average Bonchev–Trinajstić information content (AvgIpc) is 2.35. The van der Waals surface area contributed by atoms with Crippen molar-refractivity contribution in [2.75, 3.05) is 11.4 Å². The summed E-state index contributed by atoms with van der Waals surface area (Å²) in [6, 6.07) is 4.78. The van der Waals surface area contributed by atoms with Crippen LogP contribution in [0.1, 0.15) is 45.6 Å². The maximum absolute atomic E-state index is 13.3. The van der Waals surface area contributed by atoms with Crippen LogP contribution in [0.3, 0.4) is 0 Å². The van der Waals surface area contributed by atoms with Gasteiger partial charge in [0.2, 0.25) is 0 Å². The number of amidine groups is 1. The molecule has 0 unspecified atom stereocenters. The fraction of sp³-hybridized carbons (Fsp3) is 0.533. The maximum Gasteiger partial charge on any atom is 0.125 e. The number of rotatable bonds is 7. The van der Waals surface area contributed by atoms with Gasteiger partial charge in [-0.05, 0) is 38.5 Å². The van der Waals surface area contributed by atoms with Crippen LogP contribution in [-0.2, 0) is 0 Å². The molecule has 0 aromatic heterocycles. The minimum absolute atomic E-state index is 0.0874. The molecule has 1 aromatic carbocycles. The number of unbranched alkanes of at least 4 members (excludes halogenated alkanes) is 2. The lowest BCUT2D eigenvalue weighted by Gasteiger charge is -2.31. The van der Waals surface area contributed by atoms with Crippen LogP contribution in [0.4, 0.5) is 10.1 Å². The summed E-state index contributed by atoms with van der Waals surface area (Å²) in [5.74, 6) is -0.443. The maximum atomic E-state index is 13.3. The Morgan fingerprint density at radius 3 is 2.58 bits per heavy atom. The molecule has 0 saturated carbocycles. The normalized spacial score (nSPS) is 10.8. The second kappa shape index (κ2) is 7.12. The first kappa shape index (κ1) is 15.5. The second-order valence-corrected chi connectivity index (χ2v) is 5.07. The summed E-state index contributed by atoms with van der Waals surface area (Å²) >= 11 is 0. The lowest BCUT2D eigenvalue weighted by molar-refractivity contribution is 0.616. The minimum atomic E-state index is -0.355. The van der Waals surface area contributed by atoms with E-state index in [2.05, 4.69) is 25.7 Å². The van der Waals surface area contributed by atoms with Crippen LogP contribution in [0, 0.1) is 11.2 Å². The summed E-state index contributed by atoms with van der Waals surface area (Å²) in [5, 5.41) is 7.60. The van der Waals surface area contributed by atoms with Crippen molar-refractivity contribution >= 4 is 11.5 Å². The molecule has 0 radical (unpaired) electrons. The van der Waals surface area contributed by atoms with Crippen LogP contribution in [0.2, 0.25) is 0 Å². The van der Waals surface area contributed by atoms with Gasteiger partial charge in [0.25, 0.3) is 0 Å². The van der Waals surface area contributed by atoms with Gasteiger partial charge in [-0.3, -0.25) is 5.41 Å². The molecule has 0 amide bonds. The third kappa shape index (κ3) is 4.23. The summed E-state index contributed by atoms with van der Waals surface area (Å²) in [6.45, 7) is 7.26. The van der Waals surface area contributed by atoms with Crippen molar-refractivity contribution in [3.05, 3.63) is 29.6 Å². The molecule has 0 heterocycles. The first-order chi connectivity index (χ1) is 8.97. The van der Waals surface area contributed by atoms with E-state index in [1.54, 1.807) is 6.07 Å². The molecular weight excluding hydrogens is 241 g/mol. The Kier molecular flexibility index (Phi) is 5.80. The Labute approximate surface area is 115 Å². The lowest BCUT2D eigenvalue weighted by atomic mass is 10.1. The van der Waals surface area contributed by atoms with Crippen molar-refractivity contribution in [2.24, 2.45) is 5.73 Å². The third-order valence-electron chi connectivity index (χ3n) is 3.18. The Morgan fingerprint density at radius 2 is 2.05 bits per heavy atom. The fourth-order valence-electron chi connectivity index (χ4n) is 2.16. The second-order valence-electron chi connectivity index (χ2n) is 5.07. The van der Waals surface area contributed by atoms with Crippen molar-refractivity contribution in [2.45, 2.75) is 46.1 Å². The molecule has 0 atom stereocenters. The molecule has 1 rings (SSSR count). The highest BCUT2D eigenvalue weighted by molar-refractivity contribution is 6.00. The van der Waals surface area contributed by atoms with Gasteiger partial charge in [0, 0.05) is 23.8 Å². The summed E-state index contributed by atoms with van der Waals surface area (Å²) in [4.78, 5) is 2.19. The zero-order valence-corrected chi connectivity index (χ0v) is 12.0. The first-order valence-electron chi connectivity index (χ1n) is 6.88. The summed E-state index contributed by atoms with van der Waals surface area (Å²) in [6.07, 6.45) is 3.41. The summed E-state index contributed by atoms with van der Waals surface area (Å²) < 4.78 is 13.3. The van der Waals surface area contributed by atoms with Crippen LogP contribution in [0.5, 0.6) is 0 Å². The highest BCUT2D eigenvalue weighted by atomic mass is 19.1. The van der Waals surface area contributed by atoms with Crippen molar-refractivity contribution in [3.63, 3.8) is 0 Å². The van der Waals surface area contributed by atoms with Crippen molar-refractivity contribution in [3.8, 4) is 0 Å². The summed E-state index contributed by atoms with van der Waals surface area (Å²) in [5.41, 5.74) is 6.89. The molecule has 4 heteroatoms. The number of nitrogen functional groups attached to an aromatic ring is 1. The largest absolute Gasteiger partial charge is 0.384 e. The van der Waals surface area contributed by atoms with E-state index < -0.39 is 0 Å². The monoisotopic (exact) mass is 265 g/mol. The quantitative estimate of drug-likeness (QED) is 0.450. The number of nitrogens with one attached hydrogen (secondary N) is 1. The fourth-order valence-corrected chi connectivity index (χ4v) is 2.16. The van der Waals surface area contributed by atoms with Gasteiger partial charge in [-0.25, -0.2) is 4.39 Å². The van der Waals surface area contributed by atoms with Crippen LogP contribution in [0.15, 0.2) is 18.2 Å². The predicted octanol–water partition coefficient (Wildman–Crippen LogP) is 3.51. The topological polar surface area (TPSA) is 53.1 Å². The van der Waals surface area contributed by atoms with Crippen molar-refractivity contribution in [1.82, 2.24) is 0 Å². The third-order valence-corrected chi connectivity index (χ3v) is 3.18. The van der Waals surface area contributed by atoms with E-state index in [-0.39, 0.29) is 11.7 Å². The SMILES string of the molecule is CCCCCN(c1ccc(F)cc1C(=N)N)C(C)C. The Morgan fingerprint density at radius 1 is 1.37 bits per heavy atom. The highest BCUT2D eigenvalue weighted by Gasteiger charge is 2.16. The zero-order valence-electron chi connectivity index (χ0n) is 12.0. The molecule has 1 aromatic rings. The van der Waals surface area contributed by atoms with Gasteiger partial charge in [0.1, 0.15) is 11.7 Å². The van der Waals surface area contributed by atoms with E-state index in [0.29, 0.717) is 11.6 Å². The molecule has 0 bridgehead atoms. The standard InChI is InChI=1S/C15H24FN3/c1-4-5-6-9-19(11(2)3)14-8-7-12(16)10-13(14)15(17)18/h7-8,10-11H,4-6,9H2,1-3H3,(H3,17,18). The van der Waals surface area contributed by atoms with Crippen LogP contribution in [-0.4, -0.2) is 18.4 Å². The predicted molar refractivity (Wildman–Crippen MR) is 79.4 cm³/mol. The number of benzene rings is 1. The van der Waals surface area contributed by atoms with Gasteiger partial charge < -0.3 is 10.6 Å². The van der Waals surface area contributed by atoms with E-state index in [0.717, 1.165) is 25.1 Å². The van der Waals surface area contributed by atoms with Gasteiger partial charge in [0.05, 0.1) is 0 Å². The number of anilines is 1. The highest BCUT2D eigenvalue weighted by Crippen LogP contribution is 2.24. The number of hydrogen-bond donors (Lipinski definition) is 2. The molecule has 19 heavy (non-hydrogen) atoms. The minimum Gasteiger partial charge on any atom is -0.384 e. The molecule has 0 aliphatic heterocycles. The van der Waals surface area contributed by atoms with Crippen molar-refractivity contribution < 1.29 is 4.39 Å². The van der Waals surface area contributed by atoms with Crippen LogP contribution >= 0.6 is 0 Å². The van der Waals surface area contributed by atoms with E-state index in [1.807, 2.05) is 0 Å². The van der Waals surface area contributed by atoms with Crippen LogP contribution in [0.25, 0.3) is 0 Å². The Hall–Kier alpha value is -1.58. The molecule has 0 spiro atoms. The van der Waals surface area contributed by atoms with Gasteiger partial charge in [-0.15, -0.1) is 0 Å². The number of nitrogens with two attached hydrogens (primary N) is 1. The smallest absolute Gasteiger partial charge is 0.125 e. The van der Waals surface area contributed by atoms with E-state index >= 15 is 0 Å². The van der Waals surface area contributed by atoms with Gasteiger partial charge in [0.15, 0.2) is 0 Å². The van der Waals surface area contributed by atoms with Crippen molar-refractivity contribution in [1.29, 1.82) is 5.41 Å². The van der Waals surface area contributed by atoms with Crippen LogP contribution < -0.4 is 10.6 Å². The molecule has 3 nitrogen and oxygen atoms in total. The van der Waals surface area contributed by atoms with E-state index in [9.17, 15) is 4.39 Å².